The van der Waals surface area contributed by atoms with Crippen molar-refractivity contribution in [2.75, 3.05) is 20.3 Å². The maximum atomic E-state index is 10.9. The van der Waals surface area contributed by atoms with Crippen LogP contribution in [-0.4, -0.2) is 32.2 Å². The van der Waals surface area contributed by atoms with E-state index in [4.69, 9.17) is 9.47 Å². The van der Waals surface area contributed by atoms with E-state index in [2.05, 4.69) is 13.8 Å². The second-order valence-electron chi connectivity index (χ2n) is 4.09. The smallest absolute Gasteiger partial charge is 0.154 e. The summed E-state index contributed by atoms with van der Waals surface area (Å²) < 4.78 is 10.5. The van der Waals surface area contributed by atoms with Crippen molar-refractivity contribution in [1.29, 1.82) is 0 Å². The largest absolute Gasteiger partial charge is 0.381 e. The van der Waals surface area contributed by atoms with Gasteiger partial charge in [-0.05, 0) is 18.3 Å². The highest BCUT2D eigenvalue weighted by Gasteiger charge is 2.38. The summed E-state index contributed by atoms with van der Waals surface area (Å²) in [5.74, 6) is 1.05. The fraction of sp³-hybridized carbons (Fsp3) is 0.900. The van der Waals surface area contributed by atoms with Crippen molar-refractivity contribution in [2.45, 2.75) is 25.9 Å². The number of aldehydes is 1. The first kappa shape index (κ1) is 10.7. The van der Waals surface area contributed by atoms with Gasteiger partial charge in [0.25, 0.3) is 0 Å². The molecular weight excluding hydrogens is 168 g/mol. The Kier molecular flexibility index (Phi) is 3.45. The topological polar surface area (TPSA) is 35.5 Å². The Morgan fingerprint density at radius 2 is 2.23 bits per heavy atom. The minimum Gasteiger partial charge on any atom is -0.381 e. The van der Waals surface area contributed by atoms with Gasteiger partial charge in [-0.25, -0.2) is 0 Å². The van der Waals surface area contributed by atoms with Crippen molar-refractivity contribution in [3.63, 3.8) is 0 Å². The molecule has 0 N–H and O–H groups in total. The lowest BCUT2D eigenvalue weighted by atomic mass is 9.82. The van der Waals surface area contributed by atoms with Gasteiger partial charge in [0.05, 0.1) is 13.2 Å². The lowest BCUT2D eigenvalue weighted by molar-refractivity contribution is -0.159. The van der Waals surface area contributed by atoms with Crippen LogP contribution < -0.4 is 0 Å². The number of hydrogen-bond donors (Lipinski definition) is 0. The highest BCUT2D eigenvalue weighted by atomic mass is 16.5. The molecule has 1 aliphatic rings. The third-order valence-electron chi connectivity index (χ3n) is 2.88. The van der Waals surface area contributed by atoms with Crippen molar-refractivity contribution < 1.29 is 14.3 Å². The van der Waals surface area contributed by atoms with Crippen molar-refractivity contribution in [3.05, 3.63) is 0 Å². The van der Waals surface area contributed by atoms with Crippen molar-refractivity contribution in [2.24, 2.45) is 11.8 Å². The number of rotatable bonds is 3. The highest BCUT2D eigenvalue weighted by Crippen LogP contribution is 2.31. The van der Waals surface area contributed by atoms with E-state index in [0.717, 1.165) is 12.7 Å². The fourth-order valence-electron chi connectivity index (χ4n) is 1.73. The minimum absolute atomic E-state index is 0.369. The summed E-state index contributed by atoms with van der Waals surface area (Å²) in [6.45, 7) is 5.32. The van der Waals surface area contributed by atoms with Crippen LogP contribution in [0.4, 0.5) is 0 Å². The molecule has 1 fully saturated rings. The second-order valence-corrected chi connectivity index (χ2v) is 4.09. The van der Waals surface area contributed by atoms with Crippen LogP contribution in [0.2, 0.25) is 0 Å². The van der Waals surface area contributed by atoms with Crippen molar-refractivity contribution >= 4 is 6.29 Å². The lowest BCUT2D eigenvalue weighted by Gasteiger charge is -2.38. The summed E-state index contributed by atoms with van der Waals surface area (Å²) in [6.07, 6.45) is 1.66. The molecule has 1 rings (SSSR count). The summed E-state index contributed by atoms with van der Waals surface area (Å²) in [7, 11) is 1.59. The number of methoxy groups -OCH3 is 1. The Hall–Kier alpha value is -0.410. The summed E-state index contributed by atoms with van der Waals surface area (Å²) in [4.78, 5) is 10.9. The quantitative estimate of drug-likeness (QED) is 0.622. The first-order valence-electron chi connectivity index (χ1n) is 4.73. The molecule has 3 unspecified atom stereocenters. The number of carbonyl (C=O) groups excluding carboxylic acids is 1. The zero-order chi connectivity index (χ0) is 9.90. The monoisotopic (exact) mass is 186 g/mol. The van der Waals surface area contributed by atoms with Gasteiger partial charge in [0.2, 0.25) is 0 Å². The van der Waals surface area contributed by atoms with Crippen LogP contribution in [0.3, 0.4) is 0 Å². The molecule has 0 aromatic heterocycles. The third kappa shape index (κ3) is 2.29. The Morgan fingerprint density at radius 3 is 2.69 bits per heavy atom. The van der Waals surface area contributed by atoms with Crippen LogP contribution in [0.1, 0.15) is 20.3 Å². The summed E-state index contributed by atoms with van der Waals surface area (Å²) in [6, 6.07) is 0. The maximum absolute atomic E-state index is 10.9. The third-order valence-corrected chi connectivity index (χ3v) is 2.88. The first-order chi connectivity index (χ1) is 6.13. The SMILES string of the molecule is COCC1(C=O)CC(C)C(C)CO1. The van der Waals surface area contributed by atoms with Gasteiger partial charge in [-0.2, -0.15) is 0 Å². The number of ether oxygens (including phenoxy) is 2. The molecule has 3 heteroatoms. The first-order valence-corrected chi connectivity index (χ1v) is 4.73. The molecule has 76 valence electrons. The van der Waals surface area contributed by atoms with E-state index in [1.165, 1.54) is 0 Å². The fourth-order valence-corrected chi connectivity index (χ4v) is 1.73. The van der Waals surface area contributed by atoms with E-state index >= 15 is 0 Å². The standard InChI is InChI=1S/C10H18O3/c1-8-4-10(6-11,7-12-3)13-5-9(8)2/h6,8-9H,4-5,7H2,1-3H3. The van der Waals surface area contributed by atoms with E-state index in [-0.39, 0.29) is 0 Å². The van der Waals surface area contributed by atoms with Crippen LogP contribution in [0, 0.1) is 11.8 Å². The van der Waals surface area contributed by atoms with Gasteiger partial charge in [0.15, 0.2) is 6.29 Å². The van der Waals surface area contributed by atoms with Gasteiger partial charge in [-0.1, -0.05) is 13.8 Å². The van der Waals surface area contributed by atoms with E-state index in [1.54, 1.807) is 7.11 Å². The van der Waals surface area contributed by atoms with Gasteiger partial charge in [-0.15, -0.1) is 0 Å². The predicted molar refractivity (Wildman–Crippen MR) is 49.6 cm³/mol. The van der Waals surface area contributed by atoms with E-state index in [1.807, 2.05) is 0 Å². The molecule has 0 spiro atoms. The molecule has 0 aromatic rings. The minimum atomic E-state index is -0.680. The molecule has 1 heterocycles. The molecule has 0 aliphatic carbocycles. The Labute approximate surface area is 79.4 Å². The molecule has 0 radical (unpaired) electrons. The van der Waals surface area contributed by atoms with E-state index < -0.39 is 5.60 Å². The molecular formula is C10H18O3. The van der Waals surface area contributed by atoms with Crippen LogP contribution in [0.15, 0.2) is 0 Å². The van der Waals surface area contributed by atoms with Gasteiger partial charge < -0.3 is 14.3 Å². The van der Waals surface area contributed by atoms with Crippen LogP contribution >= 0.6 is 0 Å². The Balaban J connectivity index is 2.62. The molecule has 1 aliphatic heterocycles. The molecule has 3 nitrogen and oxygen atoms in total. The molecule has 3 atom stereocenters. The van der Waals surface area contributed by atoms with Crippen LogP contribution in [0.25, 0.3) is 0 Å². The highest BCUT2D eigenvalue weighted by molar-refractivity contribution is 5.63. The zero-order valence-electron chi connectivity index (χ0n) is 8.58. The summed E-state index contributed by atoms with van der Waals surface area (Å²) in [5.41, 5.74) is -0.680. The lowest BCUT2D eigenvalue weighted by Crippen LogP contribution is -2.47. The predicted octanol–water partition coefficient (Wildman–Crippen LogP) is 1.26. The Morgan fingerprint density at radius 1 is 1.54 bits per heavy atom. The molecule has 0 aromatic carbocycles. The van der Waals surface area contributed by atoms with Gasteiger partial charge in [0, 0.05) is 7.11 Å². The molecule has 0 amide bonds. The van der Waals surface area contributed by atoms with Crippen molar-refractivity contribution in [3.8, 4) is 0 Å². The number of carbonyl (C=O) groups is 1. The Bertz CT molecular complexity index is 181. The summed E-state index contributed by atoms with van der Waals surface area (Å²) in [5, 5.41) is 0. The van der Waals surface area contributed by atoms with Crippen LogP contribution in [-0.2, 0) is 14.3 Å². The average Bonchev–Trinajstić information content (AvgIpc) is 2.12. The number of hydrogen-bond acceptors (Lipinski definition) is 3. The zero-order valence-corrected chi connectivity index (χ0v) is 8.58. The second kappa shape index (κ2) is 4.20. The molecule has 0 bridgehead atoms. The normalized spacial score (nSPS) is 40.2. The van der Waals surface area contributed by atoms with Gasteiger partial charge in [-0.3, -0.25) is 0 Å². The molecule has 0 saturated carbocycles. The van der Waals surface area contributed by atoms with Crippen molar-refractivity contribution in [1.82, 2.24) is 0 Å². The van der Waals surface area contributed by atoms with Gasteiger partial charge >= 0.3 is 0 Å². The van der Waals surface area contributed by atoms with Gasteiger partial charge in [0.1, 0.15) is 5.60 Å². The summed E-state index contributed by atoms with van der Waals surface area (Å²) >= 11 is 0. The van der Waals surface area contributed by atoms with Crippen LogP contribution in [0.5, 0.6) is 0 Å². The molecule has 1 saturated heterocycles. The van der Waals surface area contributed by atoms with E-state index in [0.29, 0.717) is 25.0 Å². The van der Waals surface area contributed by atoms with E-state index in [9.17, 15) is 4.79 Å². The maximum Gasteiger partial charge on any atom is 0.154 e. The molecule has 13 heavy (non-hydrogen) atoms. The average molecular weight is 186 g/mol.